The predicted molar refractivity (Wildman–Crippen MR) is 141 cm³/mol. The average Bonchev–Trinajstić information content (AvgIpc) is 2.77. The van der Waals surface area contributed by atoms with Gasteiger partial charge in [0.2, 0.25) is 0 Å². The lowest BCUT2D eigenvalue weighted by molar-refractivity contribution is 0.0977. The summed E-state index contributed by atoms with van der Waals surface area (Å²) < 4.78 is 28.5. The summed E-state index contributed by atoms with van der Waals surface area (Å²) in [6, 6.07) is 20.6. The van der Waals surface area contributed by atoms with E-state index in [1.54, 1.807) is 55.5 Å². The molecule has 0 atom stereocenters. The summed E-state index contributed by atoms with van der Waals surface area (Å²) >= 11 is 7.40. The summed E-state index contributed by atoms with van der Waals surface area (Å²) in [5.74, 6) is -0.318. The number of hydrogen-bond donors (Lipinski definition) is 2. The van der Waals surface area contributed by atoms with Crippen LogP contribution in [0, 0.1) is 10.5 Å². The Labute approximate surface area is 207 Å². The number of carbonyl (C=O) groups excluding carboxylic acids is 1. The van der Waals surface area contributed by atoms with Crippen molar-refractivity contribution in [2.24, 2.45) is 0 Å². The van der Waals surface area contributed by atoms with Crippen LogP contribution in [0.3, 0.4) is 0 Å². The monoisotopic (exact) mass is 579 g/mol. The predicted octanol–water partition coefficient (Wildman–Crippen LogP) is 4.94. The van der Waals surface area contributed by atoms with Crippen molar-refractivity contribution in [2.45, 2.75) is 18.7 Å². The van der Waals surface area contributed by atoms with E-state index in [0.717, 1.165) is 9.13 Å². The molecule has 0 saturated carbocycles. The highest BCUT2D eigenvalue weighted by atomic mass is 127. The molecule has 3 aromatic carbocycles. The summed E-state index contributed by atoms with van der Waals surface area (Å²) in [7, 11) is -3.71. The van der Waals surface area contributed by atoms with Crippen LogP contribution in [-0.4, -0.2) is 26.0 Å². The number of halogens is 1. The fourth-order valence-corrected chi connectivity index (χ4v) is 5.19. The SMILES string of the molecule is CCN(c1ccccc1)S(=O)(=O)c1ccc(NC(=S)NC(=O)c2ccc(C)c(I)c2)cc1. The number of nitrogens with zero attached hydrogens (tertiary/aromatic N) is 1. The lowest BCUT2D eigenvalue weighted by Crippen LogP contribution is -2.34. The van der Waals surface area contributed by atoms with Crippen LogP contribution < -0.4 is 14.9 Å². The molecule has 0 aromatic heterocycles. The van der Waals surface area contributed by atoms with Gasteiger partial charge in [0.1, 0.15) is 0 Å². The zero-order chi connectivity index (χ0) is 23.3. The molecule has 0 aliphatic heterocycles. The number of para-hydroxylation sites is 1. The highest BCUT2D eigenvalue weighted by Gasteiger charge is 2.23. The first-order chi connectivity index (χ1) is 15.2. The van der Waals surface area contributed by atoms with Gasteiger partial charge in [0.05, 0.1) is 10.6 Å². The molecule has 32 heavy (non-hydrogen) atoms. The van der Waals surface area contributed by atoms with Gasteiger partial charge in [-0.25, -0.2) is 8.42 Å². The molecule has 0 unspecified atom stereocenters. The van der Waals surface area contributed by atoms with Crippen molar-refractivity contribution in [1.82, 2.24) is 5.32 Å². The molecule has 0 bridgehead atoms. The van der Waals surface area contributed by atoms with Crippen LogP contribution in [0.5, 0.6) is 0 Å². The number of rotatable bonds is 6. The van der Waals surface area contributed by atoms with Gasteiger partial charge in [-0.3, -0.25) is 14.4 Å². The molecule has 9 heteroatoms. The molecular weight excluding hydrogens is 557 g/mol. The van der Waals surface area contributed by atoms with Crippen molar-refractivity contribution in [3.8, 4) is 0 Å². The number of amides is 1. The first-order valence-electron chi connectivity index (χ1n) is 9.78. The van der Waals surface area contributed by atoms with Crippen molar-refractivity contribution in [3.05, 3.63) is 87.5 Å². The Kier molecular flexibility index (Phi) is 7.86. The molecule has 166 valence electrons. The molecule has 0 aliphatic rings. The quantitative estimate of drug-likeness (QED) is 0.320. The van der Waals surface area contributed by atoms with Crippen LogP contribution in [0.2, 0.25) is 0 Å². The van der Waals surface area contributed by atoms with Crippen LogP contribution in [0.1, 0.15) is 22.8 Å². The number of thiocarbonyl (C=S) groups is 1. The van der Waals surface area contributed by atoms with Crippen LogP contribution >= 0.6 is 34.8 Å². The molecular formula is C23H22IN3O3S2. The second-order valence-electron chi connectivity index (χ2n) is 6.90. The van der Waals surface area contributed by atoms with Crippen LogP contribution in [-0.2, 0) is 10.0 Å². The van der Waals surface area contributed by atoms with Crippen LogP contribution in [0.4, 0.5) is 11.4 Å². The Balaban J connectivity index is 1.69. The van der Waals surface area contributed by atoms with E-state index in [1.807, 2.05) is 19.1 Å². The van der Waals surface area contributed by atoms with Gasteiger partial charge < -0.3 is 5.32 Å². The Bertz CT molecular complexity index is 1230. The Morgan fingerprint density at radius 1 is 1.03 bits per heavy atom. The number of nitrogens with one attached hydrogen (secondary N) is 2. The number of anilines is 2. The van der Waals surface area contributed by atoms with Crippen molar-refractivity contribution in [2.75, 3.05) is 16.2 Å². The highest BCUT2D eigenvalue weighted by molar-refractivity contribution is 14.1. The van der Waals surface area contributed by atoms with Gasteiger partial charge in [-0.15, -0.1) is 0 Å². The molecule has 0 saturated heterocycles. The molecule has 0 radical (unpaired) electrons. The van der Waals surface area contributed by atoms with E-state index in [0.29, 0.717) is 23.5 Å². The lowest BCUT2D eigenvalue weighted by Gasteiger charge is -2.23. The third-order valence-corrected chi connectivity index (χ3v) is 7.98. The zero-order valence-corrected chi connectivity index (χ0v) is 21.3. The van der Waals surface area contributed by atoms with E-state index in [1.165, 1.54) is 16.4 Å². The summed E-state index contributed by atoms with van der Waals surface area (Å²) in [6.07, 6.45) is 0. The molecule has 0 aliphatic carbocycles. The Hall–Kier alpha value is -2.50. The van der Waals surface area contributed by atoms with E-state index in [4.69, 9.17) is 12.2 Å². The lowest BCUT2D eigenvalue weighted by atomic mass is 10.1. The summed E-state index contributed by atoms with van der Waals surface area (Å²) in [5.41, 5.74) is 2.76. The number of sulfonamides is 1. The number of carbonyl (C=O) groups is 1. The first kappa shape index (κ1) is 24.1. The highest BCUT2D eigenvalue weighted by Crippen LogP contribution is 2.24. The normalized spacial score (nSPS) is 11.0. The largest absolute Gasteiger partial charge is 0.332 e. The van der Waals surface area contributed by atoms with Crippen molar-refractivity contribution in [1.29, 1.82) is 0 Å². The smallest absolute Gasteiger partial charge is 0.264 e. The van der Waals surface area contributed by atoms with E-state index in [-0.39, 0.29) is 15.9 Å². The molecule has 0 spiro atoms. The van der Waals surface area contributed by atoms with Gasteiger partial charge in [-0.2, -0.15) is 0 Å². The number of hydrogen-bond acceptors (Lipinski definition) is 4. The van der Waals surface area contributed by atoms with Crippen LogP contribution in [0.25, 0.3) is 0 Å². The van der Waals surface area contributed by atoms with Gasteiger partial charge in [0, 0.05) is 21.4 Å². The fourth-order valence-electron chi connectivity index (χ4n) is 2.99. The minimum Gasteiger partial charge on any atom is -0.332 e. The minimum absolute atomic E-state index is 0.126. The summed E-state index contributed by atoms with van der Waals surface area (Å²) in [5, 5.41) is 5.67. The van der Waals surface area contributed by atoms with E-state index >= 15 is 0 Å². The fraction of sp³-hybridized carbons (Fsp3) is 0.130. The third kappa shape index (κ3) is 5.64. The standard InChI is InChI=1S/C23H22IN3O3S2/c1-3-27(19-7-5-4-6-8-19)32(29,30)20-13-11-18(12-14-20)25-23(31)26-22(28)17-10-9-16(2)21(24)15-17/h4-15H,3H2,1-2H3,(H2,25,26,28,31). The number of aryl methyl sites for hydroxylation is 1. The second kappa shape index (κ2) is 10.4. The number of benzene rings is 3. The molecule has 6 nitrogen and oxygen atoms in total. The molecule has 3 aromatic rings. The first-order valence-corrected chi connectivity index (χ1v) is 12.7. The third-order valence-electron chi connectivity index (χ3n) is 4.69. The maximum absolute atomic E-state index is 13.1. The topological polar surface area (TPSA) is 78.5 Å². The van der Waals surface area contributed by atoms with E-state index < -0.39 is 10.0 Å². The maximum Gasteiger partial charge on any atom is 0.264 e. The van der Waals surface area contributed by atoms with Gasteiger partial charge in [-0.05, 0) is 103 Å². The Morgan fingerprint density at radius 2 is 1.69 bits per heavy atom. The van der Waals surface area contributed by atoms with E-state index in [9.17, 15) is 13.2 Å². The van der Waals surface area contributed by atoms with Crippen molar-refractivity contribution >= 4 is 67.2 Å². The van der Waals surface area contributed by atoms with Gasteiger partial charge in [-0.1, -0.05) is 24.3 Å². The molecule has 2 N–H and O–H groups in total. The maximum atomic E-state index is 13.1. The Morgan fingerprint density at radius 3 is 2.28 bits per heavy atom. The molecule has 1 amide bonds. The molecule has 3 rings (SSSR count). The van der Waals surface area contributed by atoms with Crippen molar-refractivity contribution < 1.29 is 13.2 Å². The summed E-state index contributed by atoms with van der Waals surface area (Å²) in [6.45, 7) is 4.07. The second-order valence-corrected chi connectivity index (χ2v) is 10.3. The van der Waals surface area contributed by atoms with Crippen LogP contribution in [0.15, 0.2) is 77.7 Å². The zero-order valence-electron chi connectivity index (χ0n) is 17.5. The minimum atomic E-state index is -3.71. The van der Waals surface area contributed by atoms with E-state index in [2.05, 4.69) is 33.2 Å². The van der Waals surface area contributed by atoms with Gasteiger partial charge >= 0.3 is 0 Å². The van der Waals surface area contributed by atoms with Gasteiger partial charge in [0.25, 0.3) is 15.9 Å². The molecule has 0 heterocycles. The molecule has 0 fully saturated rings. The average molecular weight is 579 g/mol. The van der Waals surface area contributed by atoms with Crippen molar-refractivity contribution in [3.63, 3.8) is 0 Å². The van der Waals surface area contributed by atoms with Gasteiger partial charge in [0.15, 0.2) is 5.11 Å². The summed E-state index contributed by atoms with van der Waals surface area (Å²) in [4.78, 5) is 12.6.